The van der Waals surface area contributed by atoms with Gasteiger partial charge < -0.3 is 14.8 Å². The number of hydrogen-bond acceptors (Lipinski definition) is 3. The molecule has 1 amide bonds. The van der Waals surface area contributed by atoms with Gasteiger partial charge in [-0.3, -0.25) is 4.79 Å². The molecule has 4 nitrogen and oxygen atoms in total. The molecule has 0 aromatic heterocycles. The molecule has 19 heavy (non-hydrogen) atoms. The smallest absolute Gasteiger partial charge is 0.260 e. The van der Waals surface area contributed by atoms with Gasteiger partial charge in [0.1, 0.15) is 0 Å². The van der Waals surface area contributed by atoms with Gasteiger partial charge in [-0.2, -0.15) is 0 Å². The third-order valence-electron chi connectivity index (χ3n) is 3.11. The molecular weight excluding hydrogens is 242 g/mol. The Morgan fingerprint density at radius 2 is 1.68 bits per heavy atom. The van der Waals surface area contributed by atoms with Crippen LogP contribution in [-0.2, 0) is 4.79 Å². The van der Waals surface area contributed by atoms with Gasteiger partial charge in [0.25, 0.3) is 5.91 Å². The lowest BCUT2D eigenvalue weighted by Crippen LogP contribution is -2.43. The molecule has 0 fully saturated rings. The van der Waals surface area contributed by atoms with E-state index in [4.69, 9.17) is 9.47 Å². The van der Waals surface area contributed by atoms with Crippen LogP contribution < -0.4 is 14.8 Å². The van der Waals surface area contributed by atoms with Crippen LogP contribution in [0.1, 0.15) is 27.7 Å². The van der Waals surface area contributed by atoms with Crippen molar-refractivity contribution in [3.8, 4) is 11.5 Å². The van der Waals surface area contributed by atoms with Gasteiger partial charge in [0, 0.05) is 6.04 Å². The predicted octanol–water partition coefficient (Wildman–Crippen LogP) is 2.62. The zero-order chi connectivity index (χ0) is 14.4. The normalized spacial score (nSPS) is 13.8. The van der Waals surface area contributed by atoms with Gasteiger partial charge in [-0.1, -0.05) is 26.0 Å². The van der Waals surface area contributed by atoms with E-state index in [1.165, 1.54) is 0 Å². The molecule has 0 unspecified atom stereocenters. The Kier molecular flexibility index (Phi) is 5.67. The van der Waals surface area contributed by atoms with Crippen molar-refractivity contribution in [1.82, 2.24) is 5.32 Å². The van der Waals surface area contributed by atoms with E-state index in [1.54, 1.807) is 26.2 Å². The highest BCUT2D eigenvalue weighted by atomic mass is 16.5. The number of ether oxygens (including phenoxy) is 2. The monoisotopic (exact) mass is 265 g/mol. The second-order valence-electron chi connectivity index (χ2n) is 4.95. The lowest BCUT2D eigenvalue weighted by atomic mass is 10.1. The topological polar surface area (TPSA) is 47.6 Å². The summed E-state index contributed by atoms with van der Waals surface area (Å²) >= 11 is 0. The Bertz CT molecular complexity index is 418. The van der Waals surface area contributed by atoms with Crippen LogP contribution in [0.3, 0.4) is 0 Å². The zero-order valence-electron chi connectivity index (χ0n) is 12.3. The van der Waals surface area contributed by atoms with Crippen molar-refractivity contribution in [3.05, 3.63) is 24.3 Å². The first-order chi connectivity index (χ1) is 8.95. The van der Waals surface area contributed by atoms with Gasteiger partial charge in [-0.25, -0.2) is 0 Å². The van der Waals surface area contributed by atoms with Crippen LogP contribution in [0.4, 0.5) is 0 Å². The predicted molar refractivity (Wildman–Crippen MR) is 75.5 cm³/mol. The minimum absolute atomic E-state index is 0.118. The first-order valence-corrected chi connectivity index (χ1v) is 6.55. The molecule has 0 saturated heterocycles. The van der Waals surface area contributed by atoms with Crippen LogP contribution in [0.15, 0.2) is 24.3 Å². The molecule has 0 aliphatic heterocycles. The second kappa shape index (κ2) is 7.02. The van der Waals surface area contributed by atoms with Crippen molar-refractivity contribution >= 4 is 5.91 Å². The molecule has 0 aliphatic carbocycles. The molecule has 0 aliphatic rings. The van der Waals surface area contributed by atoms with Crippen LogP contribution in [0.5, 0.6) is 11.5 Å². The quantitative estimate of drug-likeness (QED) is 0.860. The lowest BCUT2D eigenvalue weighted by Gasteiger charge is -2.21. The molecule has 0 radical (unpaired) electrons. The van der Waals surface area contributed by atoms with Crippen molar-refractivity contribution in [3.63, 3.8) is 0 Å². The highest BCUT2D eigenvalue weighted by Gasteiger charge is 2.19. The summed E-state index contributed by atoms with van der Waals surface area (Å²) in [7, 11) is 1.58. The number of carbonyl (C=O) groups is 1. The van der Waals surface area contributed by atoms with E-state index in [-0.39, 0.29) is 11.9 Å². The Morgan fingerprint density at radius 1 is 1.11 bits per heavy atom. The molecule has 0 bridgehead atoms. The SMILES string of the molecule is COc1ccccc1O[C@H](C)C(=O)N[C@@H](C)C(C)C. The number of hydrogen-bond donors (Lipinski definition) is 1. The summed E-state index contributed by atoms with van der Waals surface area (Å²) in [6, 6.07) is 7.41. The number of carbonyl (C=O) groups excluding carboxylic acids is 1. The van der Waals surface area contributed by atoms with E-state index in [2.05, 4.69) is 19.2 Å². The van der Waals surface area contributed by atoms with Crippen molar-refractivity contribution in [1.29, 1.82) is 0 Å². The average Bonchev–Trinajstić information content (AvgIpc) is 2.38. The average molecular weight is 265 g/mol. The summed E-state index contributed by atoms with van der Waals surface area (Å²) in [5.41, 5.74) is 0. The summed E-state index contributed by atoms with van der Waals surface area (Å²) in [5.74, 6) is 1.47. The Balaban J connectivity index is 2.63. The summed E-state index contributed by atoms with van der Waals surface area (Å²) in [5, 5.41) is 2.93. The first kappa shape index (κ1) is 15.3. The largest absolute Gasteiger partial charge is 0.493 e. The third-order valence-corrected chi connectivity index (χ3v) is 3.11. The highest BCUT2D eigenvalue weighted by Crippen LogP contribution is 2.26. The number of benzene rings is 1. The summed E-state index contributed by atoms with van der Waals surface area (Å²) in [4.78, 5) is 12.0. The van der Waals surface area contributed by atoms with Gasteiger partial charge in [0.05, 0.1) is 7.11 Å². The molecule has 1 aromatic rings. The molecule has 106 valence electrons. The van der Waals surface area contributed by atoms with Gasteiger partial charge in [-0.05, 0) is 31.9 Å². The number of rotatable bonds is 6. The molecule has 2 atom stereocenters. The van der Waals surface area contributed by atoms with E-state index < -0.39 is 6.10 Å². The second-order valence-corrected chi connectivity index (χ2v) is 4.95. The van der Waals surface area contributed by atoms with Crippen molar-refractivity contribution in [2.75, 3.05) is 7.11 Å². The zero-order valence-corrected chi connectivity index (χ0v) is 12.3. The van der Waals surface area contributed by atoms with E-state index in [0.717, 1.165) is 0 Å². The Labute approximate surface area is 115 Å². The first-order valence-electron chi connectivity index (χ1n) is 6.55. The Morgan fingerprint density at radius 3 is 2.21 bits per heavy atom. The summed E-state index contributed by atoms with van der Waals surface area (Å²) in [6.07, 6.45) is -0.558. The van der Waals surface area contributed by atoms with Crippen molar-refractivity contribution in [2.24, 2.45) is 5.92 Å². The molecule has 0 saturated carbocycles. The van der Waals surface area contributed by atoms with Crippen LogP contribution in [-0.4, -0.2) is 25.2 Å². The van der Waals surface area contributed by atoms with Gasteiger partial charge >= 0.3 is 0 Å². The maximum absolute atomic E-state index is 12.0. The minimum Gasteiger partial charge on any atom is -0.493 e. The van der Waals surface area contributed by atoms with E-state index in [1.807, 2.05) is 19.1 Å². The lowest BCUT2D eigenvalue weighted by molar-refractivity contribution is -0.128. The molecule has 4 heteroatoms. The number of para-hydroxylation sites is 2. The van der Waals surface area contributed by atoms with Crippen molar-refractivity contribution in [2.45, 2.75) is 39.8 Å². The Hall–Kier alpha value is -1.71. The maximum atomic E-state index is 12.0. The third kappa shape index (κ3) is 4.47. The minimum atomic E-state index is -0.558. The number of amides is 1. The molecule has 1 rings (SSSR count). The number of nitrogens with one attached hydrogen (secondary N) is 1. The molecular formula is C15H23NO3. The van der Waals surface area contributed by atoms with E-state index in [9.17, 15) is 4.79 Å². The summed E-state index contributed by atoms with van der Waals surface area (Å²) < 4.78 is 10.8. The van der Waals surface area contributed by atoms with E-state index >= 15 is 0 Å². The molecule has 0 heterocycles. The van der Waals surface area contributed by atoms with Crippen LogP contribution in [0, 0.1) is 5.92 Å². The summed E-state index contributed by atoms with van der Waals surface area (Å²) in [6.45, 7) is 7.85. The van der Waals surface area contributed by atoms with Gasteiger partial charge in [0.2, 0.25) is 0 Å². The number of methoxy groups -OCH3 is 1. The van der Waals surface area contributed by atoms with Crippen LogP contribution in [0.25, 0.3) is 0 Å². The van der Waals surface area contributed by atoms with Gasteiger partial charge in [0.15, 0.2) is 17.6 Å². The van der Waals surface area contributed by atoms with Crippen molar-refractivity contribution < 1.29 is 14.3 Å². The molecule has 0 spiro atoms. The maximum Gasteiger partial charge on any atom is 0.260 e. The molecule has 1 N–H and O–H groups in total. The molecule has 1 aromatic carbocycles. The highest BCUT2D eigenvalue weighted by molar-refractivity contribution is 5.81. The van der Waals surface area contributed by atoms with Crippen LogP contribution >= 0.6 is 0 Å². The fourth-order valence-corrected chi connectivity index (χ4v) is 1.47. The fraction of sp³-hybridized carbons (Fsp3) is 0.533. The standard InChI is InChI=1S/C15H23NO3/c1-10(2)11(3)16-15(17)12(4)19-14-9-7-6-8-13(14)18-5/h6-12H,1-5H3,(H,16,17)/t11-,12+/m0/s1. The van der Waals surface area contributed by atoms with E-state index in [0.29, 0.717) is 17.4 Å². The van der Waals surface area contributed by atoms with Gasteiger partial charge in [-0.15, -0.1) is 0 Å². The van der Waals surface area contributed by atoms with Crippen LogP contribution in [0.2, 0.25) is 0 Å². The fourth-order valence-electron chi connectivity index (χ4n) is 1.47.